The number of benzene rings is 1. The number of anilines is 2. The van der Waals surface area contributed by atoms with Gasteiger partial charge in [-0.15, -0.1) is 0 Å². The Bertz CT molecular complexity index is 545. The van der Waals surface area contributed by atoms with Crippen molar-refractivity contribution in [3.05, 3.63) is 52.6 Å². The minimum Gasteiger partial charge on any atom is -0.395 e. The van der Waals surface area contributed by atoms with Gasteiger partial charge in [0, 0.05) is 24.6 Å². The van der Waals surface area contributed by atoms with E-state index in [4.69, 9.17) is 5.11 Å². The van der Waals surface area contributed by atoms with Crippen molar-refractivity contribution < 1.29 is 5.11 Å². The van der Waals surface area contributed by atoms with Gasteiger partial charge in [0.05, 0.1) is 18.5 Å². The minimum absolute atomic E-state index is 0.138. The summed E-state index contributed by atoms with van der Waals surface area (Å²) in [7, 11) is 1.93. The van der Waals surface area contributed by atoms with Gasteiger partial charge >= 0.3 is 0 Å². The lowest BCUT2D eigenvalue weighted by Gasteiger charge is -2.17. The third-order valence-electron chi connectivity index (χ3n) is 2.99. The van der Waals surface area contributed by atoms with Crippen LogP contribution in [0.1, 0.15) is 5.56 Å². The van der Waals surface area contributed by atoms with Crippen molar-refractivity contribution >= 4 is 27.4 Å². The molecule has 0 fully saturated rings. The van der Waals surface area contributed by atoms with E-state index in [0.29, 0.717) is 6.54 Å². The van der Waals surface area contributed by atoms with Gasteiger partial charge in [-0.2, -0.15) is 0 Å². The number of aliphatic hydroxyl groups excluding tert-OH is 1. The number of nitrogens with zero attached hydrogens (tertiary/aromatic N) is 2. The molecule has 0 unspecified atom stereocenters. The molecule has 0 amide bonds. The molecule has 0 aliphatic heterocycles. The van der Waals surface area contributed by atoms with Gasteiger partial charge in [0.1, 0.15) is 5.82 Å². The number of nitrogens with one attached hydrogen (secondary N) is 1. The van der Waals surface area contributed by atoms with Crippen molar-refractivity contribution in [2.24, 2.45) is 0 Å². The van der Waals surface area contributed by atoms with Gasteiger partial charge < -0.3 is 15.3 Å². The van der Waals surface area contributed by atoms with Gasteiger partial charge in [-0.25, -0.2) is 4.98 Å². The number of hydrogen-bond donors (Lipinski definition) is 2. The molecule has 2 N–H and O–H groups in total. The molecular weight excluding hydrogens is 318 g/mol. The van der Waals surface area contributed by atoms with E-state index in [1.54, 1.807) is 6.20 Å². The number of likely N-dealkylation sites (N-methyl/N-ethyl adjacent to an activating group) is 1. The Hall–Kier alpha value is -1.59. The monoisotopic (exact) mass is 335 g/mol. The maximum Gasteiger partial charge on any atom is 0.126 e. The largest absolute Gasteiger partial charge is 0.395 e. The van der Waals surface area contributed by atoms with Crippen LogP contribution in [0.5, 0.6) is 0 Å². The lowest BCUT2D eigenvalue weighted by atomic mass is 10.2. The van der Waals surface area contributed by atoms with Crippen molar-refractivity contribution in [1.29, 1.82) is 0 Å². The Morgan fingerprint density at radius 3 is 2.80 bits per heavy atom. The second-order valence-corrected chi connectivity index (χ2v) is 5.45. The molecule has 5 heteroatoms. The Kier molecular flexibility index (Phi) is 5.38. The summed E-state index contributed by atoms with van der Waals surface area (Å²) in [4.78, 5) is 6.34. The topological polar surface area (TPSA) is 48.4 Å². The molecule has 4 nitrogen and oxygen atoms in total. The molecule has 0 saturated heterocycles. The van der Waals surface area contributed by atoms with Crippen LogP contribution >= 0.6 is 15.9 Å². The van der Waals surface area contributed by atoms with Crippen LogP contribution in [-0.2, 0) is 6.54 Å². The van der Waals surface area contributed by atoms with E-state index in [2.05, 4.69) is 38.4 Å². The molecule has 0 atom stereocenters. The second kappa shape index (κ2) is 7.26. The summed E-state index contributed by atoms with van der Waals surface area (Å²) < 4.78 is 1.07. The number of aliphatic hydroxyl groups is 1. The highest BCUT2D eigenvalue weighted by Crippen LogP contribution is 2.15. The number of aromatic nitrogens is 1. The standard InChI is InChI=1S/C15H18BrN3O/c1-19(7-8-20)14-5-6-15(18-11-14)17-10-12-3-2-4-13(16)9-12/h2-6,9,11,20H,7-8,10H2,1H3,(H,17,18). The van der Waals surface area contributed by atoms with Crippen LogP contribution in [0.15, 0.2) is 47.1 Å². The average Bonchev–Trinajstić information content (AvgIpc) is 2.46. The Morgan fingerprint density at radius 2 is 2.15 bits per heavy atom. The van der Waals surface area contributed by atoms with Gasteiger partial charge in [-0.05, 0) is 29.8 Å². The summed E-state index contributed by atoms with van der Waals surface area (Å²) in [5, 5.41) is 12.2. The fraction of sp³-hybridized carbons (Fsp3) is 0.267. The molecule has 2 aromatic rings. The van der Waals surface area contributed by atoms with E-state index < -0.39 is 0 Å². The van der Waals surface area contributed by atoms with Crippen LogP contribution in [0.4, 0.5) is 11.5 Å². The number of pyridine rings is 1. The molecular formula is C15H18BrN3O. The molecule has 1 heterocycles. The Balaban J connectivity index is 1.94. The fourth-order valence-electron chi connectivity index (χ4n) is 1.84. The third kappa shape index (κ3) is 4.21. The average molecular weight is 336 g/mol. The molecule has 0 bridgehead atoms. The molecule has 0 saturated carbocycles. The van der Waals surface area contributed by atoms with Crippen LogP contribution in [0.3, 0.4) is 0 Å². The molecule has 20 heavy (non-hydrogen) atoms. The van der Waals surface area contributed by atoms with Gasteiger partial charge in [0.2, 0.25) is 0 Å². The summed E-state index contributed by atoms with van der Waals surface area (Å²) in [6.07, 6.45) is 1.80. The van der Waals surface area contributed by atoms with Gasteiger partial charge in [0.25, 0.3) is 0 Å². The van der Waals surface area contributed by atoms with Crippen LogP contribution in [-0.4, -0.2) is 30.3 Å². The first kappa shape index (κ1) is 14.8. The molecule has 0 spiro atoms. The van der Waals surface area contributed by atoms with E-state index in [0.717, 1.165) is 22.5 Å². The smallest absolute Gasteiger partial charge is 0.126 e. The molecule has 106 valence electrons. The zero-order chi connectivity index (χ0) is 14.4. The molecule has 0 aliphatic rings. The predicted octanol–water partition coefficient (Wildman–Crippen LogP) is 2.88. The van der Waals surface area contributed by atoms with Crippen LogP contribution in [0.25, 0.3) is 0 Å². The highest BCUT2D eigenvalue weighted by molar-refractivity contribution is 9.10. The first-order valence-electron chi connectivity index (χ1n) is 6.45. The fourth-order valence-corrected chi connectivity index (χ4v) is 2.28. The Labute approximate surface area is 127 Å². The molecule has 2 rings (SSSR count). The Morgan fingerprint density at radius 1 is 1.30 bits per heavy atom. The van der Waals surface area contributed by atoms with E-state index in [9.17, 15) is 0 Å². The second-order valence-electron chi connectivity index (χ2n) is 4.53. The van der Waals surface area contributed by atoms with Crippen molar-refractivity contribution in [2.45, 2.75) is 6.54 Å². The predicted molar refractivity (Wildman–Crippen MR) is 86.1 cm³/mol. The lowest BCUT2D eigenvalue weighted by molar-refractivity contribution is 0.304. The van der Waals surface area contributed by atoms with Crippen molar-refractivity contribution in [1.82, 2.24) is 4.98 Å². The minimum atomic E-state index is 0.138. The summed E-state index contributed by atoms with van der Waals surface area (Å²) in [5.41, 5.74) is 2.19. The SMILES string of the molecule is CN(CCO)c1ccc(NCc2cccc(Br)c2)nc1. The van der Waals surface area contributed by atoms with Crippen LogP contribution < -0.4 is 10.2 Å². The lowest BCUT2D eigenvalue weighted by Crippen LogP contribution is -2.21. The molecule has 0 radical (unpaired) electrons. The molecule has 1 aromatic carbocycles. The quantitative estimate of drug-likeness (QED) is 0.852. The van der Waals surface area contributed by atoms with E-state index in [-0.39, 0.29) is 6.61 Å². The zero-order valence-electron chi connectivity index (χ0n) is 11.4. The van der Waals surface area contributed by atoms with Crippen molar-refractivity contribution in [2.75, 3.05) is 30.4 Å². The summed E-state index contributed by atoms with van der Waals surface area (Å²) in [6.45, 7) is 1.48. The maximum atomic E-state index is 8.91. The number of hydrogen-bond acceptors (Lipinski definition) is 4. The van der Waals surface area contributed by atoms with Gasteiger partial charge in [-0.3, -0.25) is 0 Å². The summed E-state index contributed by atoms with van der Waals surface area (Å²) >= 11 is 3.46. The van der Waals surface area contributed by atoms with Crippen LogP contribution in [0, 0.1) is 0 Å². The first-order chi connectivity index (χ1) is 9.69. The molecule has 1 aromatic heterocycles. The first-order valence-corrected chi connectivity index (χ1v) is 7.24. The number of rotatable bonds is 6. The highest BCUT2D eigenvalue weighted by atomic mass is 79.9. The van der Waals surface area contributed by atoms with Crippen molar-refractivity contribution in [3.8, 4) is 0 Å². The normalized spacial score (nSPS) is 10.3. The number of halogens is 1. The maximum absolute atomic E-state index is 8.91. The third-order valence-corrected chi connectivity index (χ3v) is 3.48. The van der Waals surface area contributed by atoms with E-state index in [1.165, 1.54) is 5.56 Å². The van der Waals surface area contributed by atoms with Gasteiger partial charge in [0.15, 0.2) is 0 Å². The summed E-state index contributed by atoms with van der Waals surface area (Å²) in [6, 6.07) is 12.1. The van der Waals surface area contributed by atoms with E-state index in [1.807, 2.05) is 36.2 Å². The van der Waals surface area contributed by atoms with Gasteiger partial charge in [-0.1, -0.05) is 28.1 Å². The van der Waals surface area contributed by atoms with E-state index >= 15 is 0 Å². The van der Waals surface area contributed by atoms with Crippen LogP contribution in [0.2, 0.25) is 0 Å². The van der Waals surface area contributed by atoms with Crippen molar-refractivity contribution in [3.63, 3.8) is 0 Å². The highest BCUT2D eigenvalue weighted by Gasteiger charge is 2.01. The molecule has 0 aliphatic carbocycles. The summed E-state index contributed by atoms with van der Waals surface area (Å²) in [5.74, 6) is 0.839. The zero-order valence-corrected chi connectivity index (χ0v) is 13.0.